The molecule has 122 valence electrons. The van der Waals surface area contributed by atoms with Crippen LogP contribution in [0.1, 0.15) is 33.1 Å². The van der Waals surface area contributed by atoms with Crippen LogP contribution in [0.4, 0.5) is 0 Å². The molecule has 1 N–H and O–H groups in total. The third-order valence-corrected chi connectivity index (χ3v) is 4.50. The van der Waals surface area contributed by atoms with E-state index in [9.17, 15) is 4.79 Å². The average Bonchev–Trinajstić information content (AvgIpc) is 2.51. The van der Waals surface area contributed by atoms with E-state index >= 15 is 0 Å². The predicted molar refractivity (Wildman–Crippen MR) is 92.1 cm³/mol. The Morgan fingerprint density at radius 2 is 2.00 bits per heavy atom. The summed E-state index contributed by atoms with van der Waals surface area (Å²) in [7, 11) is 0. The molecule has 1 amide bonds. The zero-order valence-corrected chi connectivity index (χ0v) is 14.9. The van der Waals surface area contributed by atoms with Crippen LogP contribution in [0.15, 0.2) is 28.7 Å². The molecule has 1 aliphatic heterocycles. The molecule has 1 saturated heterocycles. The number of rotatable bonds is 6. The molecular weight excluding hydrogens is 344 g/mol. The molecule has 22 heavy (non-hydrogen) atoms. The van der Waals surface area contributed by atoms with Crippen molar-refractivity contribution >= 4 is 21.8 Å². The highest BCUT2D eigenvalue weighted by atomic mass is 79.9. The minimum absolute atomic E-state index is 0.0307. The molecule has 1 aliphatic rings. The molecule has 4 nitrogen and oxygen atoms in total. The Morgan fingerprint density at radius 3 is 2.59 bits per heavy atom. The van der Waals surface area contributed by atoms with Gasteiger partial charge in [-0.25, -0.2) is 0 Å². The summed E-state index contributed by atoms with van der Waals surface area (Å²) in [5.74, 6) is 0.681. The van der Waals surface area contributed by atoms with Gasteiger partial charge in [0.1, 0.15) is 5.75 Å². The Kier molecular flexibility index (Phi) is 6.70. The van der Waals surface area contributed by atoms with Gasteiger partial charge in [0.15, 0.2) is 6.10 Å². The third kappa shape index (κ3) is 5.29. The van der Waals surface area contributed by atoms with Crippen molar-refractivity contribution < 1.29 is 9.53 Å². The van der Waals surface area contributed by atoms with Crippen LogP contribution in [0, 0.1) is 0 Å². The number of ether oxygens (including phenoxy) is 1. The summed E-state index contributed by atoms with van der Waals surface area (Å²) in [6.07, 6.45) is 2.76. The van der Waals surface area contributed by atoms with Crippen molar-refractivity contribution in [2.24, 2.45) is 0 Å². The molecule has 0 bridgehead atoms. The number of nitrogens with zero attached hydrogens (tertiary/aromatic N) is 1. The van der Waals surface area contributed by atoms with Crippen molar-refractivity contribution in [1.29, 1.82) is 0 Å². The summed E-state index contributed by atoms with van der Waals surface area (Å²) in [6.45, 7) is 7.30. The molecule has 0 radical (unpaired) electrons. The summed E-state index contributed by atoms with van der Waals surface area (Å²) in [4.78, 5) is 14.7. The smallest absolute Gasteiger partial charge is 0.260 e. The fourth-order valence-corrected chi connectivity index (χ4v) is 2.97. The molecule has 2 rings (SSSR count). The van der Waals surface area contributed by atoms with Crippen LogP contribution in [0.25, 0.3) is 0 Å². The summed E-state index contributed by atoms with van der Waals surface area (Å²) in [5, 5.41) is 3.11. The van der Waals surface area contributed by atoms with E-state index in [2.05, 4.69) is 33.1 Å². The van der Waals surface area contributed by atoms with Crippen molar-refractivity contribution in [3.63, 3.8) is 0 Å². The Balaban J connectivity index is 1.76. The number of carbonyl (C=O) groups excluding carboxylic acids is 1. The average molecular weight is 369 g/mol. The fourth-order valence-electron chi connectivity index (χ4n) is 2.71. The Hall–Kier alpha value is -1.07. The number of likely N-dealkylation sites (tertiary alicyclic amines) is 1. The lowest BCUT2D eigenvalue weighted by molar-refractivity contribution is -0.128. The molecule has 1 fully saturated rings. The largest absolute Gasteiger partial charge is 0.481 e. The maximum absolute atomic E-state index is 12.2. The van der Waals surface area contributed by atoms with Crippen molar-refractivity contribution in [3.8, 4) is 5.75 Å². The Bertz CT molecular complexity index is 470. The van der Waals surface area contributed by atoms with E-state index in [4.69, 9.17) is 4.74 Å². The normalized spacial score (nSPS) is 18.0. The van der Waals surface area contributed by atoms with Gasteiger partial charge in [0.25, 0.3) is 5.91 Å². The second-order valence-corrected chi connectivity index (χ2v) is 6.75. The van der Waals surface area contributed by atoms with Gasteiger partial charge in [-0.3, -0.25) is 4.79 Å². The molecule has 0 aliphatic carbocycles. The summed E-state index contributed by atoms with van der Waals surface area (Å²) >= 11 is 3.38. The first kappa shape index (κ1) is 17.3. The van der Waals surface area contributed by atoms with E-state index in [1.165, 1.54) is 6.42 Å². The van der Waals surface area contributed by atoms with Crippen molar-refractivity contribution in [2.45, 2.75) is 45.3 Å². The SMILES string of the molecule is CCCN1CCC(NC(=O)[C@H](C)Oc2ccc(Br)cc2)CC1. The van der Waals surface area contributed by atoms with Crippen LogP contribution < -0.4 is 10.1 Å². The monoisotopic (exact) mass is 368 g/mol. The van der Waals surface area contributed by atoms with E-state index in [-0.39, 0.29) is 11.9 Å². The zero-order valence-electron chi connectivity index (χ0n) is 13.3. The van der Waals surface area contributed by atoms with E-state index in [0.29, 0.717) is 5.75 Å². The van der Waals surface area contributed by atoms with Gasteiger partial charge in [-0.05, 0) is 57.0 Å². The highest BCUT2D eigenvalue weighted by molar-refractivity contribution is 9.10. The number of halogens is 1. The van der Waals surface area contributed by atoms with Crippen molar-refractivity contribution in [3.05, 3.63) is 28.7 Å². The second kappa shape index (κ2) is 8.53. The molecule has 1 heterocycles. The molecule has 1 atom stereocenters. The van der Waals surface area contributed by atoms with E-state index in [0.717, 1.165) is 36.9 Å². The van der Waals surface area contributed by atoms with Crippen LogP contribution in [0.3, 0.4) is 0 Å². The number of benzene rings is 1. The van der Waals surface area contributed by atoms with Gasteiger partial charge in [-0.2, -0.15) is 0 Å². The summed E-state index contributed by atoms with van der Waals surface area (Å²) < 4.78 is 6.69. The van der Waals surface area contributed by atoms with Crippen LogP contribution in [0.2, 0.25) is 0 Å². The zero-order chi connectivity index (χ0) is 15.9. The standard InChI is InChI=1S/C17H25BrN2O2/c1-3-10-20-11-8-15(9-12-20)19-17(21)13(2)22-16-6-4-14(18)5-7-16/h4-7,13,15H,3,8-12H2,1-2H3,(H,19,21)/t13-/m0/s1. The van der Waals surface area contributed by atoms with E-state index in [1.54, 1.807) is 6.92 Å². The number of amides is 1. The molecule has 1 aromatic rings. The maximum atomic E-state index is 12.2. The summed E-state index contributed by atoms with van der Waals surface area (Å²) in [6, 6.07) is 7.80. The van der Waals surface area contributed by atoms with Gasteiger partial charge in [0.2, 0.25) is 0 Å². The van der Waals surface area contributed by atoms with Gasteiger partial charge < -0.3 is 15.0 Å². The molecule has 0 unspecified atom stereocenters. The van der Waals surface area contributed by atoms with Gasteiger partial charge in [0.05, 0.1) is 0 Å². The Morgan fingerprint density at radius 1 is 1.36 bits per heavy atom. The number of piperidine rings is 1. The lowest BCUT2D eigenvalue weighted by Crippen LogP contribution is -2.48. The first-order valence-corrected chi connectivity index (χ1v) is 8.82. The molecule has 0 spiro atoms. The van der Waals surface area contributed by atoms with Crippen LogP contribution in [0.5, 0.6) is 5.75 Å². The first-order valence-electron chi connectivity index (χ1n) is 8.03. The number of hydrogen-bond acceptors (Lipinski definition) is 3. The van der Waals surface area contributed by atoms with Gasteiger partial charge in [-0.1, -0.05) is 22.9 Å². The topological polar surface area (TPSA) is 41.6 Å². The minimum atomic E-state index is -0.477. The lowest BCUT2D eigenvalue weighted by Gasteiger charge is -2.32. The molecule has 0 aromatic heterocycles. The molecule has 5 heteroatoms. The quantitative estimate of drug-likeness (QED) is 0.837. The van der Waals surface area contributed by atoms with E-state index in [1.807, 2.05) is 24.3 Å². The second-order valence-electron chi connectivity index (χ2n) is 5.84. The lowest BCUT2D eigenvalue weighted by atomic mass is 10.0. The first-order chi connectivity index (χ1) is 10.6. The van der Waals surface area contributed by atoms with Crippen molar-refractivity contribution in [2.75, 3.05) is 19.6 Å². The van der Waals surface area contributed by atoms with Gasteiger partial charge in [-0.15, -0.1) is 0 Å². The highest BCUT2D eigenvalue weighted by Gasteiger charge is 2.23. The number of hydrogen-bond donors (Lipinski definition) is 1. The number of carbonyl (C=O) groups is 1. The maximum Gasteiger partial charge on any atom is 0.260 e. The minimum Gasteiger partial charge on any atom is -0.481 e. The number of nitrogens with one attached hydrogen (secondary N) is 1. The Labute approximate surface area is 141 Å². The summed E-state index contributed by atoms with van der Waals surface area (Å²) in [5.41, 5.74) is 0. The third-order valence-electron chi connectivity index (χ3n) is 3.97. The molecular formula is C17H25BrN2O2. The van der Waals surface area contributed by atoms with Gasteiger partial charge >= 0.3 is 0 Å². The van der Waals surface area contributed by atoms with Crippen LogP contribution >= 0.6 is 15.9 Å². The fraction of sp³-hybridized carbons (Fsp3) is 0.588. The van der Waals surface area contributed by atoms with Crippen LogP contribution in [-0.4, -0.2) is 42.6 Å². The molecule has 1 aromatic carbocycles. The van der Waals surface area contributed by atoms with Crippen LogP contribution in [-0.2, 0) is 4.79 Å². The van der Waals surface area contributed by atoms with E-state index < -0.39 is 6.10 Å². The molecule has 0 saturated carbocycles. The van der Waals surface area contributed by atoms with Gasteiger partial charge in [0, 0.05) is 23.6 Å². The predicted octanol–water partition coefficient (Wildman–Crippen LogP) is 3.21. The highest BCUT2D eigenvalue weighted by Crippen LogP contribution is 2.17. The van der Waals surface area contributed by atoms with Crippen molar-refractivity contribution in [1.82, 2.24) is 10.2 Å².